The van der Waals surface area contributed by atoms with Crippen LogP contribution >= 0.6 is 0 Å². The number of alkyl carbamates (subject to hydrolysis) is 1. The Kier molecular flexibility index (Phi) is 6.91. The number of aliphatic carboxylic acids is 1. The summed E-state index contributed by atoms with van der Waals surface area (Å²) in [6.07, 6.45) is -0.384. The number of nitrogens with one attached hydrogen (secondary N) is 2. The van der Waals surface area contributed by atoms with Crippen molar-refractivity contribution in [2.24, 2.45) is 5.92 Å². The van der Waals surface area contributed by atoms with Crippen molar-refractivity contribution in [3.8, 4) is 23.0 Å². The van der Waals surface area contributed by atoms with E-state index in [1.165, 1.54) is 11.1 Å². The van der Waals surface area contributed by atoms with Gasteiger partial charge in [0.2, 0.25) is 5.91 Å². The minimum absolute atomic E-state index is 0.0109. The number of amides is 2. The third kappa shape index (κ3) is 5.33. The Morgan fingerprint density at radius 2 is 1.70 bits per heavy atom. The first-order valence-corrected chi connectivity index (χ1v) is 10.7. The number of fused-ring (bicyclic) bond motifs is 3. The first-order valence-electron chi connectivity index (χ1n) is 10.7. The molecule has 170 valence electrons. The number of hydrogen-bond acceptors (Lipinski definition) is 5. The lowest BCUT2D eigenvalue weighted by Crippen LogP contribution is -2.34. The van der Waals surface area contributed by atoms with Crippen LogP contribution in [0.2, 0.25) is 0 Å². The second-order valence-electron chi connectivity index (χ2n) is 7.92. The summed E-state index contributed by atoms with van der Waals surface area (Å²) in [7, 11) is 0. The maximum Gasteiger partial charge on any atom is 0.407 e. The molecule has 1 fully saturated rings. The molecule has 2 aromatic rings. The van der Waals surface area contributed by atoms with Crippen molar-refractivity contribution in [3.63, 3.8) is 0 Å². The number of benzene rings is 2. The molecule has 33 heavy (non-hydrogen) atoms. The molecule has 8 nitrogen and oxygen atoms in total. The monoisotopic (exact) mass is 448 g/mol. The molecule has 0 bridgehead atoms. The molecule has 0 saturated carbocycles. The average molecular weight is 448 g/mol. The van der Waals surface area contributed by atoms with Crippen LogP contribution in [0.3, 0.4) is 0 Å². The SMILES string of the molecule is O=C(O)C#CCNC(=O)C1COC(CNC(=O)OCC2c3ccccc3-c3ccccc32)C1. The maximum atomic E-state index is 12.3. The lowest BCUT2D eigenvalue weighted by atomic mass is 9.98. The smallest absolute Gasteiger partial charge is 0.407 e. The predicted molar refractivity (Wildman–Crippen MR) is 119 cm³/mol. The Morgan fingerprint density at radius 1 is 1.03 bits per heavy atom. The van der Waals surface area contributed by atoms with Crippen molar-refractivity contribution < 1.29 is 29.0 Å². The van der Waals surface area contributed by atoms with Gasteiger partial charge in [0.1, 0.15) is 6.61 Å². The van der Waals surface area contributed by atoms with Gasteiger partial charge in [0, 0.05) is 18.4 Å². The first-order chi connectivity index (χ1) is 16.0. The summed E-state index contributed by atoms with van der Waals surface area (Å²) < 4.78 is 11.1. The fourth-order valence-corrected chi connectivity index (χ4v) is 4.27. The maximum absolute atomic E-state index is 12.3. The molecular formula is C25H24N2O6. The van der Waals surface area contributed by atoms with Gasteiger partial charge in [-0.2, -0.15) is 0 Å². The molecule has 1 saturated heterocycles. The van der Waals surface area contributed by atoms with Crippen molar-refractivity contribution in [1.29, 1.82) is 0 Å². The first kappa shape index (κ1) is 22.4. The lowest BCUT2D eigenvalue weighted by molar-refractivity contribution is -0.130. The zero-order chi connectivity index (χ0) is 23.2. The fourth-order valence-electron chi connectivity index (χ4n) is 4.27. The van der Waals surface area contributed by atoms with E-state index in [0.717, 1.165) is 11.1 Å². The summed E-state index contributed by atoms with van der Waals surface area (Å²) >= 11 is 0. The molecule has 2 unspecified atom stereocenters. The van der Waals surface area contributed by atoms with Crippen molar-refractivity contribution in [1.82, 2.24) is 10.6 Å². The van der Waals surface area contributed by atoms with Crippen LogP contribution in [0.1, 0.15) is 23.5 Å². The number of carboxylic acids is 1. The molecule has 1 aliphatic carbocycles. The summed E-state index contributed by atoms with van der Waals surface area (Å²) in [5.74, 6) is 2.40. The summed E-state index contributed by atoms with van der Waals surface area (Å²) in [6.45, 7) is 0.659. The van der Waals surface area contributed by atoms with Crippen LogP contribution < -0.4 is 10.6 Å². The van der Waals surface area contributed by atoms with Crippen LogP contribution in [-0.2, 0) is 19.1 Å². The van der Waals surface area contributed by atoms with E-state index in [2.05, 4.69) is 40.8 Å². The largest absolute Gasteiger partial charge is 0.472 e. The Morgan fingerprint density at radius 3 is 2.36 bits per heavy atom. The van der Waals surface area contributed by atoms with Gasteiger partial charge < -0.3 is 25.2 Å². The molecule has 2 aliphatic rings. The van der Waals surface area contributed by atoms with Crippen LogP contribution in [-0.4, -0.2) is 55.5 Å². The molecule has 1 aliphatic heterocycles. The van der Waals surface area contributed by atoms with Crippen molar-refractivity contribution in [2.75, 3.05) is 26.3 Å². The van der Waals surface area contributed by atoms with E-state index in [9.17, 15) is 14.4 Å². The molecule has 8 heteroatoms. The van der Waals surface area contributed by atoms with E-state index < -0.39 is 12.1 Å². The molecule has 3 N–H and O–H groups in total. The Labute approximate surface area is 191 Å². The predicted octanol–water partition coefficient (Wildman–Crippen LogP) is 2.13. The molecule has 0 spiro atoms. The third-order valence-corrected chi connectivity index (χ3v) is 5.82. The summed E-state index contributed by atoms with van der Waals surface area (Å²) in [5, 5.41) is 13.7. The van der Waals surface area contributed by atoms with Gasteiger partial charge in [0.05, 0.1) is 25.2 Å². The van der Waals surface area contributed by atoms with E-state index in [0.29, 0.717) is 6.42 Å². The van der Waals surface area contributed by atoms with Crippen molar-refractivity contribution in [3.05, 3.63) is 59.7 Å². The highest BCUT2D eigenvalue weighted by Gasteiger charge is 2.32. The second kappa shape index (κ2) is 10.2. The zero-order valence-electron chi connectivity index (χ0n) is 17.9. The van der Waals surface area contributed by atoms with Gasteiger partial charge in [-0.15, -0.1) is 0 Å². The number of carbonyl (C=O) groups excluding carboxylic acids is 2. The quantitative estimate of drug-likeness (QED) is 0.584. The highest BCUT2D eigenvalue weighted by Crippen LogP contribution is 2.44. The highest BCUT2D eigenvalue weighted by molar-refractivity contribution is 5.86. The normalized spacial score (nSPS) is 18.4. The summed E-state index contributed by atoms with van der Waals surface area (Å²) in [5.41, 5.74) is 4.62. The fraction of sp³-hybridized carbons (Fsp3) is 0.320. The van der Waals surface area contributed by atoms with Gasteiger partial charge >= 0.3 is 12.1 Å². The van der Waals surface area contributed by atoms with Gasteiger partial charge in [-0.25, -0.2) is 9.59 Å². The van der Waals surface area contributed by atoms with Gasteiger partial charge in [0.15, 0.2) is 0 Å². The van der Waals surface area contributed by atoms with Gasteiger partial charge in [-0.05, 0) is 28.7 Å². The second-order valence-corrected chi connectivity index (χ2v) is 7.92. The topological polar surface area (TPSA) is 114 Å². The number of carboxylic acid groups (broad SMARTS) is 1. The van der Waals surface area contributed by atoms with Crippen molar-refractivity contribution in [2.45, 2.75) is 18.4 Å². The summed E-state index contributed by atoms with van der Waals surface area (Å²) in [4.78, 5) is 34.7. The van der Waals surface area contributed by atoms with E-state index in [1.807, 2.05) is 30.2 Å². The van der Waals surface area contributed by atoms with E-state index >= 15 is 0 Å². The average Bonchev–Trinajstić information content (AvgIpc) is 3.42. The van der Waals surface area contributed by atoms with Crippen LogP contribution in [0.25, 0.3) is 11.1 Å². The standard InChI is InChI=1S/C25H24N2O6/c28-23(29)10-5-11-26-24(30)16-12-17(32-14-16)13-27-25(31)33-15-22-20-8-3-1-6-18(20)19-7-2-4-9-21(19)22/h1-4,6-9,16-17,22H,11-15H2,(H,26,30)(H,27,31)(H,28,29). The Bertz CT molecular complexity index is 1070. The van der Waals surface area contributed by atoms with E-state index in [1.54, 1.807) is 0 Å². The van der Waals surface area contributed by atoms with Gasteiger partial charge in [-0.1, -0.05) is 54.5 Å². The van der Waals surface area contributed by atoms with E-state index in [4.69, 9.17) is 14.6 Å². The van der Waals surface area contributed by atoms with Gasteiger partial charge in [-0.3, -0.25) is 4.79 Å². The van der Waals surface area contributed by atoms with Crippen LogP contribution in [0.15, 0.2) is 48.5 Å². The van der Waals surface area contributed by atoms with Crippen LogP contribution in [0.4, 0.5) is 4.79 Å². The zero-order valence-corrected chi connectivity index (χ0v) is 17.9. The number of hydrogen-bond donors (Lipinski definition) is 3. The number of rotatable bonds is 6. The molecular weight excluding hydrogens is 424 g/mol. The molecule has 0 radical (unpaired) electrons. The number of ether oxygens (including phenoxy) is 2. The number of carbonyl (C=O) groups is 3. The molecule has 4 rings (SSSR count). The Hall–Kier alpha value is -3.83. The van der Waals surface area contributed by atoms with E-state index in [-0.39, 0.29) is 50.2 Å². The molecule has 2 amide bonds. The van der Waals surface area contributed by atoms with Crippen LogP contribution in [0, 0.1) is 17.8 Å². The third-order valence-electron chi connectivity index (χ3n) is 5.82. The molecule has 2 aromatic carbocycles. The lowest BCUT2D eigenvalue weighted by Gasteiger charge is -2.15. The minimum atomic E-state index is -1.24. The molecule has 2 atom stereocenters. The van der Waals surface area contributed by atoms with Crippen molar-refractivity contribution >= 4 is 18.0 Å². The summed E-state index contributed by atoms with van der Waals surface area (Å²) in [6, 6.07) is 16.3. The minimum Gasteiger partial charge on any atom is -0.472 e. The molecule has 1 heterocycles. The Balaban J connectivity index is 1.22. The van der Waals surface area contributed by atoms with Crippen LogP contribution in [0.5, 0.6) is 0 Å². The molecule has 0 aromatic heterocycles. The van der Waals surface area contributed by atoms with Gasteiger partial charge in [0.25, 0.3) is 0 Å². The highest BCUT2D eigenvalue weighted by atomic mass is 16.5.